The highest BCUT2D eigenvalue weighted by Crippen LogP contribution is 2.40. The molecule has 0 saturated carbocycles. The first-order chi connectivity index (χ1) is 14.1. The molecule has 1 N–H and O–H groups in total. The molecule has 30 heavy (non-hydrogen) atoms. The van der Waals surface area contributed by atoms with Crippen molar-refractivity contribution in [2.24, 2.45) is 0 Å². The third kappa shape index (κ3) is 4.19. The highest BCUT2D eigenvalue weighted by atomic mass is 19.4. The third-order valence-corrected chi connectivity index (χ3v) is 5.57. The topological polar surface area (TPSA) is 19.0 Å². The van der Waals surface area contributed by atoms with Gasteiger partial charge in [-0.05, 0) is 67.7 Å². The molecule has 1 aliphatic rings. The summed E-state index contributed by atoms with van der Waals surface area (Å²) in [4.78, 5) is 5.32. The number of nitrogens with zero attached hydrogens (tertiary/aromatic N) is 1. The number of hydrogen-bond acceptors (Lipinski definition) is 1. The Kier molecular flexibility index (Phi) is 5.30. The fourth-order valence-electron chi connectivity index (χ4n) is 4.08. The molecule has 0 amide bonds. The Morgan fingerprint density at radius 1 is 0.833 bits per heavy atom. The molecule has 4 rings (SSSR count). The van der Waals surface area contributed by atoms with Crippen molar-refractivity contribution < 1.29 is 26.3 Å². The van der Waals surface area contributed by atoms with Crippen LogP contribution < -0.4 is 0 Å². The van der Waals surface area contributed by atoms with Crippen LogP contribution in [0.15, 0.2) is 42.5 Å². The fourth-order valence-corrected chi connectivity index (χ4v) is 4.08. The summed E-state index contributed by atoms with van der Waals surface area (Å²) in [6.07, 6.45) is -7.01. The van der Waals surface area contributed by atoms with Crippen molar-refractivity contribution in [2.75, 3.05) is 19.6 Å². The molecule has 2 nitrogen and oxygen atoms in total. The fraction of sp³-hybridized carbons (Fsp3) is 0.364. The standard InChI is InChI=1S/C22H20F6N2/c23-21(24,25)15-11-14(12-16(13-15)22(26,27)28)20-18(7-10-30-8-3-4-9-30)17-5-1-2-6-19(17)29-20/h1-2,5-6,11-13,29H,3-4,7-10H2. The van der Waals surface area contributed by atoms with Crippen molar-refractivity contribution >= 4 is 10.9 Å². The maximum atomic E-state index is 13.3. The van der Waals surface area contributed by atoms with Crippen LogP contribution in [0.5, 0.6) is 0 Å². The van der Waals surface area contributed by atoms with E-state index in [9.17, 15) is 26.3 Å². The number of benzene rings is 2. The van der Waals surface area contributed by atoms with Gasteiger partial charge < -0.3 is 9.88 Å². The van der Waals surface area contributed by atoms with E-state index >= 15 is 0 Å². The Morgan fingerprint density at radius 3 is 2.03 bits per heavy atom. The molecule has 2 heterocycles. The van der Waals surface area contributed by atoms with Crippen LogP contribution in [0.4, 0.5) is 26.3 Å². The smallest absolute Gasteiger partial charge is 0.354 e. The lowest BCUT2D eigenvalue weighted by molar-refractivity contribution is -0.143. The molecule has 1 aromatic heterocycles. The summed E-state index contributed by atoms with van der Waals surface area (Å²) in [6.45, 7) is 2.62. The molecule has 3 aromatic rings. The van der Waals surface area contributed by atoms with Gasteiger partial charge in [0.15, 0.2) is 0 Å². The van der Waals surface area contributed by atoms with Crippen LogP contribution in [-0.2, 0) is 18.8 Å². The molecule has 0 spiro atoms. The molecule has 1 fully saturated rings. The Morgan fingerprint density at radius 2 is 1.43 bits per heavy atom. The van der Waals surface area contributed by atoms with Crippen LogP contribution in [0.3, 0.4) is 0 Å². The molecule has 2 aromatic carbocycles. The van der Waals surface area contributed by atoms with Crippen LogP contribution in [0.1, 0.15) is 29.5 Å². The number of hydrogen-bond donors (Lipinski definition) is 1. The van der Waals surface area contributed by atoms with Crippen molar-refractivity contribution in [3.8, 4) is 11.3 Å². The van der Waals surface area contributed by atoms with Gasteiger partial charge in [0.1, 0.15) is 0 Å². The number of alkyl halides is 6. The molecule has 0 bridgehead atoms. The quantitative estimate of drug-likeness (QED) is 0.471. The summed E-state index contributed by atoms with van der Waals surface area (Å²) in [5.41, 5.74) is -0.982. The number of fused-ring (bicyclic) bond motifs is 1. The Hall–Kier alpha value is -2.48. The summed E-state index contributed by atoms with van der Waals surface area (Å²) < 4.78 is 80.0. The third-order valence-electron chi connectivity index (χ3n) is 5.57. The van der Waals surface area contributed by atoms with E-state index in [1.807, 2.05) is 12.1 Å². The predicted molar refractivity (Wildman–Crippen MR) is 103 cm³/mol. The van der Waals surface area contributed by atoms with Crippen LogP contribution in [0.2, 0.25) is 0 Å². The first-order valence-electron chi connectivity index (χ1n) is 9.75. The van der Waals surface area contributed by atoms with Gasteiger partial charge in [-0.25, -0.2) is 0 Å². The SMILES string of the molecule is FC(F)(F)c1cc(-c2[nH]c3ccccc3c2CCN2CCCC2)cc(C(F)(F)F)c1. The summed E-state index contributed by atoms with van der Waals surface area (Å²) >= 11 is 0. The van der Waals surface area contributed by atoms with Gasteiger partial charge in [0.2, 0.25) is 0 Å². The van der Waals surface area contributed by atoms with Gasteiger partial charge in [0.25, 0.3) is 0 Å². The number of aromatic amines is 1. The average Bonchev–Trinajstić information content (AvgIpc) is 3.32. The van der Waals surface area contributed by atoms with E-state index in [1.165, 1.54) is 0 Å². The van der Waals surface area contributed by atoms with E-state index < -0.39 is 23.5 Å². The number of halogens is 6. The zero-order valence-corrected chi connectivity index (χ0v) is 16.0. The first-order valence-corrected chi connectivity index (χ1v) is 9.75. The van der Waals surface area contributed by atoms with E-state index in [2.05, 4.69) is 9.88 Å². The zero-order chi connectivity index (χ0) is 21.5. The second-order valence-electron chi connectivity index (χ2n) is 7.62. The van der Waals surface area contributed by atoms with Gasteiger partial charge in [-0.3, -0.25) is 0 Å². The molecule has 1 saturated heterocycles. The zero-order valence-electron chi connectivity index (χ0n) is 16.0. The van der Waals surface area contributed by atoms with Crippen molar-refractivity contribution in [3.05, 3.63) is 59.2 Å². The van der Waals surface area contributed by atoms with Crippen molar-refractivity contribution in [2.45, 2.75) is 31.6 Å². The van der Waals surface area contributed by atoms with E-state index in [-0.39, 0.29) is 11.6 Å². The first kappa shape index (κ1) is 20.8. The normalized spacial score (nSPS) is 15.9. The molecule has 160 valence electrons. The minimum absolute atomic E-state index is 0.107. The van der Waals surface area contributed by atoms with E-state index in [0.29, 0.717) is 24.2 Å². The minimum atomic E-state index is -4.88. The van der Waals surface area contributed by atoms with E-state index in [4.69, 9.17) is 0 Å². The summed E-state index contributed by atoms with van der Waals surface area (Å²) in [5.74, 6) is 0. The van der Waals surface area contributed by atoms with Crippen LogP contribution >= 0.6 is 0 Å². The number of aromatic nitrogens is 1. The van der Waals surface area contributed by atoms with Gasteiger partial charge in [0, 0.05) is 23.1 Å². The number of likely N-dealkylation sites (tertiary alicyclic amines) is 1. The molecule has 1 aliphatic heterocycles. The molecule has 0 unspecified atom stereocenters. The van der Waals surface area contributed by atoms with E-state index in [0.717, 1.165) is 49.0 Å². The van der Waals surface area contributed by atoms with Crippen LogP contribution in [0.25, 0.3) is 22.2 Å². The van der Waals surface area contributed by atoms with Crippen molar-refractivity contribution in [3.63, 3.8) is 0 Å². The number of H-pyrrole nitrogens is 1. The molecule has 8 heteroatoms. The summed E-state index contributed by atoms with van der Waals surface area (Å²) in [6, 6.07) is 8.95. The average molecular weight is 426 g/mol. The van der Waals surface area contributed by atoms with Gasteiger partial charge in [-0.15, -0.1) is 0 Å². The van der Waals surface area contributed by atoms with Gasteiger partial charge >= 0.3 is 12.4 Å². The number of nitrogens with one attached hydrogen (secondary N) is 1. The Labute approximate surface area is 169 Å². The number of rotatable bonds is 4. The van der Waals surface area contributed by atoms with Crippen LogP contribution in [0, 0.1) is 0 Å². The monoisotopic (exact) mass is 426 g/mol. The van der Waals surface area contributed by atoms with Crippen molar-refractivity contribution in [1.29, 1.82) is 0 Å². The molecule has 0 atom stereocenters. The van der Waals surface area contributed by atoms with Crippen molar-refractivity contribution in [1.82, 2.24) is 9.88 Å². The second-order valence-corrected chi connectivity index (χ2v) is 7.62. The van der Waals surface area contributed by atoms with E-state index in [1.54, 1.807) is 12.1 Å². The largest absolute Gasteiger partial charge is 0.416 e. The maximum Gasteiger partial charge on any atom is 0.416 e. The van der Waals surface area contributed by atoms with Gasteiger partial charge in [0.05, 0.1) is 11.1 Å². The molecule has 0 radical (unpaired) electrons. The Balaban J connectivity index is 1.84. The lowest BCUT2D eigenvalue weighted by Crippen LogP contribution is -2.22. The Bertz CT molecular complexity index is 1010. The second kappa shape index (κ2) is 7.65. The summed E-state index contributed by atoms with van der Waals surface area (Å²) in [7, 11) is 0. The molecule has 0 aliphatic carbocycles. The predicted octanol–water partition coefficient (Wildman–Crippen LogP) is 6.51. The van der Waals surface area contributed by atoms with Gasteiger partial charge in [-0.1, -0.05) is 18.2 Å². The highest BCUT2D eigenvalue weighted by molar-refractivity contribution is 5.91. The lowest BCUT2D eigenvalue weighted by Gasteiger charge is -2.16. The maximum absolute atomic E-state index is 13.3. The van der Waals surface area contributed by atoms with Crippen LogP contribution in [-0.4, -0.2) is 29.5 Å². The minimum Gasteiger partial charge on any atom is -0.354 e. The number of para-hydroxylation sites is 1. The van der Waals surface area contributed by atoms with Gasteiger partial charge in [-0.2, -0.15) is 26.3 Å². The molecular weight excluding hydrogens is 406 g/mol. The highest BCUT2D eigenvalue weighted by Gasteiger charge is 2.37. The summed E-state index contributed by atoms with van der Waals surface area (Å²) in [5, 5.41) is 0.817. The molecular formula is C22H20F6N2. The lowest BCUT2D eigenvalue weighted by atomic mass is 9.98.